The van der Waals surface area contributed by atoms with E-state index in [0.717, 1.165) is 0 Å². The lowest BCUT2D eigenvalue weighted by Gasteiger charge is -2.10. The van der Waals surface area contributed by atoms with Crippen molar-refractivity contribution in [3.8, 4) is 0 Å². The average molecular weight is 200 g/mol. The molecule has 0 N–H and O–H groups in total. The molecule has 0 atom stereocenters. The molecule has 0 heterocycles. The standard InChI is InChI=1S/C2HF5O3S/c3-1(4)2(5,6)10-11(7,8)9/h1H. The van der Waals surface area contributed by atoms with Crippen LogP contribution in [-0.4, -0.2) is 21.0 Å². The van der Waals surface area contributed by atoms with Gasteiger partial charge in [0.05, 0.1) is 0 Å². The zero-order chi connectivity index (χ0) is 9.28. The van der Waals surface area contributed by atoms with Gasteiger partial charge in [0.25, 0.3) is 0 Å². The molecule has 0 aromatic heterocycles. The molecule has 68 valence electrons. The minimum atomic E-state index is -6.06. The van der Waals surface area contributed by atoms with Crippen molar-refractivity contribution in [1.82, 2.24) is 0 Å². The first-order chi connectivity index (χ1) is 4.65. The van der Waals surface area contributed by atoms with E-state index in [-0.39, 0.29) is 0 Å². The monoisotopic (exact) mass is 200 g/mol. The second kappa shape index (κ2) is 2.89. The summed E-state index contributed by atoms with van der Waals surface area (Å²) >= 11 is 0. The van der Waals surface area contributed by atoms with Gasteiger partial charge >= 0.3 is 23.0 Å². The summed E-state index contributed by atoms with van der Waals surface area (Å²) in [6.07, 6.45) is -9.71. The second-order valence-corrected chi connectivity index (χ2v) is 2.29. The van der Waals surface area contributed by atoms with Gasteiger partial charge in [0.15, 0.2) is 0 Å². The highest BCUT2D eigenvalue weighted by molar-refractivity contribution is 7.81. The largest absolute Gasteiger partial charge is 0.442 e. The third kappa shape index (κ3) is 4.09. The van der Waals surface area contributed by atoms with Crippen LogP contribution in [0.3, 0.4) is 0 Å². The first-order valence-electron chi connectivity index (χ1n) is 1.96. The zero-order valence-corrected chi connectivity index (χ0v) is 5.42. The molecule has 0 spiro atoms. The molecule has 0 amide bonds. The predicted octanol–water partition coefficient (Wildman–Crippen LogP) is 1.08. The molecule has 0 aliphatic carbocycles. The topological polar surface area (TPSA) is 43.4 Å². The first kappa shape index (κ1) is 10.6. The van der Waals surface area contributed by atoms with Crippen molar-refractivity contribution < 1.29 is 34.0 Å². The summed E-state index contributed by atoms with van der Waals surface area (Å²) in [5, 5.41) is 0. The molecule has 11 heavy (non-hydrogen) atoms. The molecule has 0 rings (SSSR count). The third-order valence-corrected chi connectivity index (χ3v) is 0.886. The van der Waals surface area contributed by atoms with Crippen LogP contribution in [0, 0.1) is 0 Å². The Morgan fingerprint density at radius 3 is 1.73 bits per heavy atom. The molecule has 0 saturated carbocycles. The maximum atomic E-state index is 11.5. The Labute approximate surface area is 58.2 Å². The summed E-state index contributed by atoms with van der Waals surface area (Å²) < 4.78 is 76.8. The molecule has 0 unspecified atom stereocenters. The summed E-state index contributed by atoms with van der Waals surface area (Å²) in [5.74, 6) is 0. The highest BCUT2D eigenvalue weighted by Gasteiger charge is 2.47. The summed E-state index contributed by atoms with van der Waals surface area (Å²) in [5.41, 5.74) is 0. The van der Waals surface area contributed by atoms with Gasteiger partial charge in [0.1, 0.15) is 0 Å². The quantitative estimate of drug-likeness (QED) is 0.505. The van der Waals surface area contributed by atoms with Crippen LogP contribution in [0.4, 0.5) is 21.4 Å². The van der Waals surface area contributed by atoms with E-state index in [1.54, 1.807) is 0 Å². The van der Waals surface area contributed by atoms with E-state index in [2.05, 4.69) is 4.18 Å². The highest BCUT2D eigenvalue weighted by atomic mass is 32.3. The van der Waals surface area contributed by atoms with E-state index in [4.69, 9.17) is 0 Å². The van der Waals surface area contributed by atoms with Crippen LogP contribution >= 0.6 is 0 Å². The van der Waals surface area contributed by atoms with Crippen molar-refractivity contribution >= 4 is 10.5 Å². The minimum Gasteiger partial charge on any atom is -0.200 e. The molecule has 0 fully saturated rings. The summed E-state index contributed by atoms with van der Waals surface area (Å²) in [7, 11) is -6.06. The summed E-state index contributed by atoms with van der Waals surface area (Å²) in [6.45, 7) is 0. The van der Waals surface area contributed by atoms with Crippen molar-refractivity contribution in [2.24, 2.45) is 0 Å². The fourth-order valence-electron chi connectivity index (χ4n) is 0.169. The Morgan fingerprint density at radius 2 is 1.64 bits per heavy atom. The van der Waals surface area contributed by atoms with E-state index >= 15 is 0 Å². The SMILES string of the molecule is O=S(=O)(F)OC(F)(F)C(F)F. The van der Waals surface area contributed by atoms with Gasteiger partial charge in [-0.15, -0.1) is 0 Å². The fourth-order valence-corrected chi connectivity index (χ4v) is 0.507. The number of halogens is 5. The minimum absolute atomic E-state index is 2.11. The van der Waals surface area contributed by atoms with E-state index < -0.39 is 23.0 Å². The van der Waals surface area contributed by atoms with Gasteiger partial charge in [0, 0.05) is 0 Å². The Hall–Kier alpha value is -0.440. The molecule has 0 aromatic rings. The second-order valence-electron chi connectivity index (χ2n) is 1.34. The highest BCUT2D eigenvalue weighted by Crippen LogP contribution is 2.26. The molecule has 0 aliphatic rings. The zero-order valence-electron chi connectivity index (χ0n) is 4.60. The predicted molar refractivity (Wildman–Crippen MR) is 22.1 cm³/mol. The maximum absolute atomic E-state index is 11.5. The van der Waals surface area contributed by atoms with Gasteiger partial charge in [-0.3, -0.25) is 0 Å². The fraction of sp³-hybridized carbons (Fsp3) is 1.00. The van der Waals surface area contributed by atoms with E-state index in [9.17, 15) is 29.9 Å². The lowest BCUT2D eigenvalue weighted by atomic mass is 10.7. The molecule has 0 aromatic carbocycles. The summed E-state index contributed by atoms with van der Waals surface area (Å²) in [4.78, 5) is 0. The van der Waals surface area contributed by atoms with Crippen LogP contribution in [0.1, 0.15) is 0 Å². The van der Waals surface area contributed by atoms with Crippen LogP contribution in [0.25, 0.3) is 0 Å². The van der Waals surface area contributed by atoms with Gasteiger partial charge in [-0.25, -0.2) is 8.78 Å². The third-order valence-electron chi connectivity index (χ3n) is 0.465. The van der Waals surface area contributed by atoms with Crippen molar-refractivity contribution in [2.45, 2.75) is 12.5 Å². The Bertz CT molecular complexity index is 220. The van der Waals surface area contributed by atoms with Gasteiger partial charge in [-0.05, 0) is 0 Å². The summed E-state index contributed by atoms with van der Waals surface area (Å²) in [6, 6.07) is 0. The lowest BCUT2D eigenvalue weighted by Crippen LogP contribution is -2.31. The number of hydrogen-bond donors (Lipinski definition) is 0. The van der Waals surface area contributed by atoms with Gasteiger partial charge < -0.3 is 0 Å². The molecular weight excluding hydrogens is 199 g/mol. The Balaban J connectivity index is 4.38. The Kier molecular flexibility index (Phi) is 2.78. The molecule has 0 aliphatic heterocycles. The van der Waals surface area contributed by atoms with Gasteiger partial charge in [0.2, 0.25) is 0 Å². The smallest absolute Gasteiger partial charge is 0.200 e. The number of hydrogen-bond acceptors (Lipinski definition) is 3. The molecule has 0 radical (unpaired) electrons. The van der Waals surface area contributed by atoms with Crippen LogP contribution in [-0.2, 0) is 14.7 Å². The maximum Gasteiger partial charge on any atom is 0.442 e. The van der Waals surface area contributed by atoms with Crippen molar-refractivity contribution in [2.75, 3.05) is 0 Å². The van der Waals surface area contributed by atoms with Crippen LogP contribution in [0.5, 0.6) is 0 Å². The van der Waals surface area contributed by atoms with E-state index in [1.165, 1.54) is 0 Å². The van der Waals surface area contributed by atoms with Crippen LogP contribution < -0.4 is 0 Å². The van der Waals surface area contributed by atoms with Crippen molar-refractivity contribution in [3.05, 3.63) is 0 Å². The number of alkyl halides is 4. The van der Waals surface area contributed by atoms with E-state index in [1.807, 2.05) is 0 Å². The van der Waals surface area contributed by atoms with Crippen molar-refractivity contribution in [3.63, 3.8) is 0 Å². The molecule has 9 heteroatoms. The van der Waals surface area contributed by atoms with Crippen LogP contribution in [0.15, 0.2) is 0 Å². The Morgan fingerprint density at radius 1 is 1.27 bits per heavy atom. The number of rotatable bonds is 3. The van der Waals surface area contributed by atoms with Gasteiger partial charge in [-0.1, -0.05) is 3.89 Å². The van der Waals surface area contributed by atoms with Gasteiger partial charge in [-0.2, -0.15) is 21.4 Å². The van der Waals surface area contributed by atoms with E-state index in [0.29, 0.717) is 0 Å². The first-order valence-corrected chi connectivity index (χ1v) is 3.27. The lowest BCUT2D eigenvalue weighted by molar-refractivity contribution is -0.252. The molecule has 3 nitrogen and oxygen atoms in total. The molecule has 0 bridgehead atoms. The normalized spacial score (nSPS) is 14.0. The van der Waals surface area contributed by atoms with Crippen molar-refractivity contribution in [1.29, 1.82) is 0 Å². The van der Waals surface area contributed by atoms with Crippen LogP contribution in [0.2, 0.25) is 0 Å². The molecule has 0 saturated heterocycles. The molecular formula is C2HF5O3S. The average Bonchev–Trinajstić information content (AvgIpc) is 1.56.